The van der Waals surface area contributed by atoms with E-state index in [9.17, 15) is 0 Å². The smallest absolute Gasteiger partial charge is 0.160 e. The molecule has 23 heavy (non-hydrogen) atoms. The van der Waals surface area contributed by atoms with Crippen LogP contribution in [0, 0.1) is 12.8 Å². The van der Waals surface area contributed by atoms with Crippen molar-refractivity contribution in [2.75, 3.05) is 5.32 Å². The first-order valence-electron chi connectivity index (χ1n) is 8.83. The van der Waals surface area contributed by atoms with E-state index >= 15 is 0 Å². The van der Waals surface area contributed by atoms with Gasteiger partial charge in [-0.2, -0.15) is 9.61 Å². The summed E-state index contributed by atoms with van der Waals surface area (Å²) in [6.45, 7) is 6.73. The second-order valence-corrected chi connectivity index (χ2v) is 8.00. The van der Waals surface area contributed by atoms with E-state index in [-0.39, 0.29) is 5.41 Å². The normalized spacial score (nSPS) is 25.2. The minimum absolute atomic E-state index is 0.126. The fraction of sp³-hybridized carbons (Fsp3) is 0.667. The zero-order valence-corrected chi connectivity index (χ0v) is 14.3. The Bertz CT molecular complexity index is 728. The number of aryl methyl sites for hydroxylation is 1. The predicted octanol–water partition coefficient (Wildman–Crippen LogP) is 3.02. The molecular formula is C18H27N5. The zero-order valence-electron chi connectivity index (χ0n) is 14.3. The molecule has 0 aromatic carbocycles. The van der Waals surface area contributed by atoms with Crippen LogP contribution in [0.1, 0.15) is 57.2 Å². The molecule has 3 N–H and O–H groups in total. The van der Waals surface area contributed by atoms with Gasteiger partial charge < -0.3 is 11.1 Å². The monoisotopic (exact) mass is 313 g/mol. The third-order valence-electron chi connectivity index (χ3n) is 5.73. The van der Waals surface area contributed by atoms with Gasteiger partial charge in [0.05, 0.1) is 11.9 Å². The molecule has 0 aliphatic heterocycles. The number of nitrogens with one attached hydrogen (secondary N) is 1. The summed E-state index contributed by atoms with van der Waals surface area (Å²) in [5, 5.41) is 8.20. The molecule has 2 aromatic heterocycles. The van der Waals surface area contributed by atoms with Crippen molar-refractivity contribution in [3.8, 4) is 0 Å². The van der Waals surface area contributed by atoms with Crippen LogP contribution < -0.4 is 11.1 Å². The van der Waals surface area contributed by atoms with E-state index < -0.39 is 0 Å². The number of fused-ring (bicyclic) bond motifs is 1. The van der Waals surface area contributed by atoms with Crippen LogP contribution in [0.3, 0.4) is 0 Å². The second kappa shape index (κ2) is 5.20. The molecule has 2 fully saturated rings. The molecule has 4 rings (SSSR count). The van der Waals surface area contributed by atoms with Crippen molar-refractivity contribution in [2.45, 2.75) is 70.4 Å². The van der Waals surface area contributed by atoms with Gasteiger partial charge in [0.1, 0.15) is 5.82 Å². The molecular weight excluding hydrogens is 286 g/mol. The van der Waals surface area contributed by atoms with Gasteiger partial charge in [0.15, 0.2) is 5.65 Å². The Hall–Kier alpha value is -1.62. The van der Waals surface area contributed by atoms with Gasteiger partial charge in [0.2, 0.25) is 0 Å². The maximum absolute atomic E-state index is 6.07. The maximum Gasteiger partial charge on any atom is 0.160 e. The van der Waals surface area contributed by atoms with Crippen LogP contribution in [0.4, 0.5) is 5.82 Å². The largest absolute Gasteiger partial charge is 0.367 e. The van der Waals surface area contributed by atoms with Crippen molar-refractivity contribution in [2.24, 2.45) is 11.7 Å². The molecule has 0 radical (unpaired) electrons. The summed E-state index contributed by atoms with van der Waals surface area (Å²) in [5.74, 6) is 1.82. The van der Waals surface area contributed by atoms with E-state index in [1.165, 1.54) is 18.5 Å². The van der Waals surface area contributed by atoms with Gasteiger partial charge in [-0.25, -0.2) is 4.98 Å². The van der Waals surface area contributed by atoms with Gasteiger partial charge in [-0.1, -0.05) is 13.8 Å². The van der Waals surface area contributed by atoms with Gasteiger partial charge in [0.25, 0.3) is 0 Å². The van der Waals surface area contributed by atoms with Gasteiger partial charge >= 0.3 is 0 Å². The molecule has 0 bridgehead atoms. The molecule has 124 valence electrons. The van der Waals surface area contributed by atoms with E-state index in [0.717, 1.165) is 42.2 Å². The Kier molecular flexibility index (Phi) is 3.38. The fourth-order valence-electron chi connectivity index (χ4n) is 3.88. The van der Waals surface area contributed by atoms with Crippen LogP contribution in [0.15, 0.2) is 12.3 Å². The van der Waals surface area contributed by atoms with E-state index in [0.29, 0.717) is 12.1 Å². The van der Waals surface area contributed by atoms with Gasteiger partial charge in [-0.3, -0.25) is 0 Å². The summed E-state index contributed by atoms with van der Waals surface area (Å²) < 4.78 is 1.95. The lowest BCUT2D eigenvalue weighted by molar-refractivity contribution is 0.441. The average Bonchev–Trinajstić information content (AvgIpc) is 3.21. The van der Waals surface area contributed by atoms with Crippen molar-refractivity contribution in [1.29, 1.82) is 0 Å². The molecule has 0 saturated heterocycles. The molecule has 2 atom stereocenters. The highest BCUT2D eigenvalue weighted by Gasteiger charge is 2.40. The quantitative estimate of drug-likeness (QED) is 0.910. The zero-order chi connectivity index (χ0) is 16.2. The molecule has 0 amide bonds. The number of nitrogens with two attached hydrogens (primary N) is 1. The Morgan fingerprint density at radius 3 is 2.70 bits per heavy atom. The lowest BCUT2D eigenvalue weighted by Crippen LogP contribution is -2.25. The van der Waals surface area contributed by atoms with Crippen LogP contribution in [0.2, 0.25) is 0 Å². The molecule has 5 heteroatoms. The molecule has 2 heterocycles. The summed E-state index contributed by atoms with van der Waals surface area (Å²) in [5.41, 5.74) is 9.48. The summed E-state index contributed by atoms with van der Waals surface area (Å²) >= 11 is 0. The predicted molar refractivity (Wildman–Crippen MR) is 92.7 cm³/mol. The first kappa shape index (κ1) is 14.9. The SMILES string of the molecule is Cc1cnn2c(N[C@H]3CC[C@H](N)C3)cc(C(C)(C)C3CC3)nc12. The fourth-order valence-corrected chi connectivity index (χ4v) is 3.88. The number of anilines is 1. The van der Waals surface area contributed by atoms with Crippen LogP contribution in [0.5, 0.6) is 0 Å². The number of hydrogen-bond donors (Lipinski definition) is 2. The maximum atomic E-state index is 6.07. The number of rotatable bonds is 4. The third kappa shape index (κ3) is 2.61. The van der Waals surface area contributed by atoms with Crippen molar-refractivity contribution in [3.63, 3.8) is 0 Å². The van der Waals surface area contributed by atoms with E-state index in [1.807, 2.05) is 10.7 Å². The highest BCUT2D eigenvalue weighted by molar-refractivity contribution is 5.55. The Morgan fingerprint density at radius 2 is 2.04 bits per heavy atom. The molecule has 2 saturated carbocycles. The van der Waals surface area contributed by atoms with Crippen LogP contribution >= 0.6 is 0 Å². The molecule has 0 spiro atoms. The topological polar surface area (TPSA) is 68.2 Å². The standard InChI is InChI=1S/C18H27N5/c1-11-10-20-23-16(21-14-7-6-13(19)8-14)9-15(22-17(11)23)18(2,3)12-4-5-12/h9-10,12-14,21H,4-8,19H2,1-3H3/t13-,14-/m0/s1. The average molecular weight is 313 g/mol. The second-order valence-electron chi connectivity index (χ2n) is 8.00. The van der Waals surface area contributed by atoms with Gasteiger partial charge in [-0.05, 0) is 44.9 Å². The van der Waals surface area contributed by atoms with Crippen molar-refractivity contribution >= 4 is 11.5 Å². The highest BCUT2D eigenvalue weighted by Crippen LogP contribution is 2.46. The molecule has 2 aromatic rings. The van der Waals surface area contributed by atoms with Crippen LogP contribution in [-0.4, -0.2) is 26.7 Å². The van der Waals surface area contributed by atoms with Gasteiger partial charge in [0, 0.05) is 29.1 Å². The Labute approximate surface area is 137 Å². The van der Waals surface area contributed by atoms with Crippen molar-refractivity contribution in [1.82, 2.24) is 14.6 Å². The Morgan fingerprint density at radius 1 is 1.26 bits per heavy atom. The van der Waals surface area contributed by atoms with E-state index in [4.69, 9.17) is 10.7 Å². The third-order valence-corrected chi connectivity index (χ3v) is 5.73. The molecule has 5 nitrogen and oxygen atoms in total. The summed E-state index contributed by atoms with van der Waals surface area (Å²) in [4.78, 5) is 4.95. The lowest BCUT2D eigenvalue weighted by Gasteiger charge is -2.25. The first-order valence-corrected chi connectivity index (χ1v) is 8.83. The summed E-state index contributed by atoms with van der Waals surface area (Å²) in [6.07, 6.45) is 7.81. The molecule has 2 aliphatic carbocycles. The van der Waals surface area contributed by atoms with Crippen LogP contribution in [0.25, 0.3) is 5.65 Å². The highest BCUT2D eigenvalue weighted by atomic mass is 15.3. The number of hydrogen-bond acceptors (Lipinski definition) is 4. The molecule has 2 aliphatic rings. The number of aromatic nitrogens is 3. The molecule has 0 unspecified atom stereocenters. The van der Waals surface area contributed by atoms with Crippen molar-refractivity contribution < 1.29 is 0 Å². The minimum Gasteiger partial charge on any atom is -0.367 e. The van der Waals surface area contributed by atoms with Crippen LogP contribution in [-0.2, 0) is 5.41 Å². The first-order chi connectivity index (χ1) is 10.9. The summed E-state index contributed by atoms with van der Waals surface area (Å²) in [6, 6.07) is 2.98. The summed E-state index contributed by atoms with van der Waals surface area (Å²) in [7, 11) is 0. The van der Waals surface area contributed by atoms with E-state index in [2.05, 4.69) is 37.3 Å². The lowest BCUT2D eigenvalue weighted by atomic mass is 9.83. The minimum atomic E-state index is 0.126. The van der Waals surface area contributed by atoms with Gasteiger partial charge in [-0.15, -0.1) is 0 Å². The van der Waals surface area contributed by atoms with Crippen molar-refractivity contribution in [3.05, 3.63) is 23.5 Å². The Balaban J connectivity index is 1.75. The number of nitrogens with zero attached hydrogens (tertiary/aromatic N) is 3. The van der Waals surface area contributed by atoms with E-state index in [1.54, 1.807) is 0 Å².